The van der Waals surface area contributed by atoms with Crippen molar-refractivity contribution in [2.45, 2.75) is 32.8 Å². The summed E-state index contributed by atoms with van der Waals surface area (Å²) in [5.74, 6) is 0.322. The summed E-state index contributed by atoms with van der Waals surface area (Å²) < 4.78 is 5.72. The van der Waals surface area contributed by atoms with Crippen molar-refractivity contribution >= 4 is 11.9 Å². The number of carbonyl (C=O) groups excluding carboxylic acids is 1. The van der Waals surface area contributed by atoms with E-state index in [1.807, 2.05) is 37.3 Å². The Kier molecular flexibility index (Phi) is 4.87. The van der Waals surface area contributed by atoms with Crippen molar-refractivity contribution in [3.63, 3.8) is 0 Å². The smallest absolute Gasteiger partial charge is 0.147 e. The minimum absolute atomic E-state index is 0.195. The third-order valence-corrected chi connectivity index (χ3v) is 4.48. The summed E-state index contributed by atoms with van der Waals surface area (Å²) >= 11 is 0. The Morgan fingerprint density at radius 2 is 1.95 bits per heavy atom. The van der Waals surface area contributed by atoms with Gasteiger partial charge in [-0.15, -0.1) is 0 Å². The molecule has 0 bridgehead atoms. The number of benzene rings is 1. The van der Waals surface area contributed by atoms with Crippen LogP contribution in [0.15, 0.2) is 47.7 Å². The maximum atomic E-state index is 11.7. The fourth-order valence-corrected chi connectivity index (χ4v) is 3.33. The van der Waals surface area contributed by atoms with Crippen LogP contribution in [0.25, 0.3) is 5.57 Å². The van der Waals surface area contributed by atoms with Crippen LogP contribution in [0.3, 0.4) is 0 Å². The van der Waals surface area contributed by atoms with Crippen molar-refractivity contribution in [1.82, 2.24) is 0 Å². The first-order chi connectivity index (χ1) is 10.5. The monoisotopic (exact) mass is 300 g/mol. The number of aliphatic hydroxyl groups excluding tert-OH is 1. The van der Waals surface area contributed by atoms with Crippen molar-refractivity contribution in [2.24, 2.45) is 11.8 Å². The van der Waals surface area contributed by atoms with Crippen LogP contribution in [0.1, 0.15) is 32.8 Å². The van der Waals surface area contributed by atoms with Crippen molar-refractivity contribution < 1.29 is 14.6 Å². The molecule has 3 heteroatoms. The van der Waals surface area contributed by atoms with E-state index in [0.29, 0.717) is 17.9 Å². The van der Waals surface area contributed by atoms with Gasteiger partial charge in [-0.1, -0.05) is 51.1 Å². The van der Waals surface area contributed by atoms with E-state index < -0.39 is 5.60 Å². The molecular formula is C19H24O3. The average Bonchev–Trinajstić information content (AvgIpc) is 2.51. The standard InChI is InChI=1S/C19H24O3/c1-13(2)11-19(22-4)14(3)17(12-20)16(10-18(19)21)15-8-6-5-7-9-15/h5-10,12-14,21H,11H2,1-4H3. The molecule has 1 aliphatic rings. The Balaban J connectivity index is 2.58. The summed E-state index contributed by atoms with van der Waals surface area (Å²) in [5.41, 5.74) is 1.55. The zero-order chi connectivity index (χ0) is 16.3. The molecule has 2 rings (SSSR count). The van der Waals surface area contributed by atoms with Gasteiger partial charge in [0.1, 0.15) is 17.6 Å². The minimum Gasteiger partial charge on any atom is -0.509 e. The van der Waals surface area contributed by atoms with Crippen LogP contribution in [-0.4, -0.2) is 24.1 Å². The molecule has 0 fully saturated rings. The van der Waals surface area contributed by atoms with E-state index >= 15 is 0 Å². The molecule has 2 atom stereocenters. The van der Waals surface area contributed by atoms with Crippen molar-refractivity contribution in [3.8, 4) is 0 Å². The molecule has 0 amide bonds. The zero-order valence-electron chi connectivity index (χ0n) is 13.7. The predicted molar refractivity (Wildman–Crippen MR) is 88.5 cm³/mol. The van der Waals surface area contributed by atoms with E-state index in [0.717, 1.165) is 17.4 Å². The van der Waals surface area contributed by atoms with Gasteiger partial charge in [-0.25, -0.2) is 0 Å². The van der Waals surface area contributed by atoms with Crippen LogP contribution in [0.2, 0.25) is 0 Å². The predicted octanol–water partition coefficient (Wildman–Crippen LogP) is 4.16. The number of hydrogen-bond donors (Lipinski definition) is 1. The topological polar surface area (TPSA) is 46.5 Å². The Morgan fingerprint density at radius 3 is 2.45 bits per heavy atom. The summed E-state index contributed by atoms with van der Waals surface area (Å²) in [7, 11) is 1.60. The molecular weight excluding hydrogens is 276 g/mol. The highest BCUT2D eigenvalue weighted by molar-refractivity contribution is 5.94. The molecule has 0 saturated heterocycles. The van der Waals surface area contributed by atoms with Gasteiger partial charge in [0, 0.05) is 18.6 Å². The first kappa shape index (κ1) is 16.5. The summed E-state index contributed by atoms with van der Waals surface area (Å²) in [6.45, 7) is 6.11. The largest absolute Gasteiger partial charge is 0.509 e. The molecule has 0 aliphatic heterocycles. The summed E-state index contributed by atoms with van der Waals surface area (Å²) in [6, 6.07) is 9.66. The molecule has 0 saturated carbocycles. The second-order valence-corrected chi connectivity index (χ2v) is 6.30. The number of carbonyl (C=O) groups is 1. The van der Waals surface area contributed by atoms with E-state index in [2.05, 4.69) is 13.8 Å². The number of aldehydes is 1. The fourth-order valence-electron chi connectivity index (χ4n) is 3.33. The van der Waals surface area contributed by atoms with E-state index in [1.165, 1.54) is 0 Å². The molecule has 2 unspecified atom stereocenters. The molecule has 0 aromatic heterocycles. The molecule has 1 aromatic rings. The zero-order valence-corrected chi connectivity index (χ0v) is 13.7. The number of aliphatic hydroxyl groups is 1. The summed E-state index contributed by atoms with van der Waals surface area (Å²) in [4.78, 5) is 11.7. The number of rotatable bonds is 5. The van der Waals surface area contributed by atoms with Gasteiger partial charge in [-0.2, -0.15) is 0 Å². The van der Waals surface area contributed by atoms with Gasteiger partial charge in [0.15, 0.2) is 0 Å². The van der Waals surface area contributed by atoms with Crippen LogP contribution in [0.5, 0.6) is 0 Å². The Hall–Kier alpha value is -1.87. The first-order valence-electron chi connectivity index (χ1n) is 7.67. The Labute approximate surface area is 132 Å². The van der Waals surface area contributed by atoms with E-state index in [1.54, 1.807) is 13.2 Å². The lowest BCUT2D eigenvalue weighted by Gasteiger charge is -2.42. The highest BCUT2D eigenvalue weighted by Gasteiger charge is 2.46. The molecule has 1 N–H and O–H groups in total. The Bertz CT molecular complexity index is 598. The lowest BCUT2D eigenvalue weighted by atomic mass is 9.71. The van der Waals surface area contributed by atoms with Gasteiger partial charge < -0.3 is 9.84 Å². The lowest BCUT2D eigenvalue weighted by molar-refractivity contribution is -0.107. The molecule has 22 heavy (non-hydrogen) atoms. The SMILES string of the molecule is COC1(CC(C)C)C(O)=CC(c2ccccc2)=C(C=O)C1C. The van der Waals surface area contributed by atoms with Gasteiger partial charge in [0.2, 0.25) is 0 Å². The van der Waals surface area contributed by atoms with Crippen molar-refractivity contribution in [3.05, 3.63) is 53.3 Å². The number of hydrogen-bond acceptors (Lipinski definition) is 3. The van der Waals surface area contributed by atoms with E-state index in [-0.39, 0.29) is 11.7 Å². The fraction of sp³-hybridized carbons (Fsp3) is 0.421. The number of methoxy groups -OCH3 is 1. The maximum absolute atomic E-state index is 11.7. The highest BCUT2D eigenvalue weighted by Crippen LogP contribution is 2.44. The minimum atomic E-state index is -0.831. The number of ether oxygens (including phenoxy) is 1. The van der Waals surface area contributed by atoms with Crippen LogP contribution in [0.4, 0.5) is 0 Å². The highest BCUT2D eigenvalue weighted by atomic mass is 16.5. The Morgan fingerprint density at radius 1 is 1.32 bits per heavy atom. The van der Waals surface area contributed by atoms with Crippen LogP contribution in [-0.2, 0) is 9.53 Å². The van der Waals surface area contributed by atoms with Gasteiger partial charge in [0.05, 0.1) is 0 Å². The molecule has 118 valence electrons. The van der Waals surface area contributed by atoms with Crippen molar-refractivity contribution in [1.29, 1.82) is 0 Å². The van der Waals surface area contributed by atoms with Crippen LogP contribution < -0.4 is 0 Å². The molecule has 0 spiro atoms. The normalized spacial score (nSPS) is 25.3. The van der Waals surface area contributed by atoms with Gasteiger partial charge in [0.25, 0.3) is 0 Å². The number of allylic oxidation sites excluding steroid dienone is 2. The van der Waals surface area contributed by atoms with E-state index in [4.69, 9.17) is 4.74 Å². The average molecular weight is 300 g/mol. The first-order valence-corrected chi connectivity index (χ1v) is 7.67. The second kappa shape index (κ2) is 6.49. The third kappa shape index (κ3) is 2.73. The summed E-state index contributed by atoms with van der Waals surface area (Å²) in [5, 5.41) is 10.7. The van der Waals surface area contributed by atoms with Crippen molar-refractivity contribution in [2.75, 3.05) is 7.11 Å². The molecule has 1 aromatic carbocycles. The second-order valence-electron chi connectivity index (χ2n) is 6.30. The van der Waals surface area contributed by atoms with Crippen LogP contribution in [0, 0.1) is 11.8 Å². The van der Waals surface area contributed by atoms with E-state index in [9.17, 15) is 9.90 Å². The lowest BCUT2D eigenvalue weighted by Crippen LogP contribution is -2.45. The molecule has 3 nitrogen and oxygen atoms in total. The molecule has 0 radical (unpaired) electrons. The maximum Gasteiger partial charge on any atom is 0.147 e. The molecule has 1 aliphatic carbocycles. The third-order valence-electron chi connectivity index (χ3n) is 4.48. The van der Waals surface area contributed by atoms with Crippen LogP contribution >= 0.6 is 0 Å². The van der Waals surface area contributed by atoms with Gasteiger partial charge in [-0.3, -0.25) is 4.79 Å². The van der Waals surface area contributed by atoms with Gasteiger partial charge >= 0.3 is 0 Å². The quantitative estimate of drug-likeness (QED) is 0.830. The molecule has 0 heterocycles. The summed E-state index contributed by atoms with van der Waals surface area (Å²) in [6.07, 6.45) is 3.24. The van der Waals surface area contributed by atoms with Gasteiger partial charge in [-0.05, 0) is 29.6 Å².